The van der Waals surface area contributed by atoms with Crippen LogP contribution in [0.2, 0.25) is 0 Å². The highest BCUT2D eigenvalue weighted by Crippen LogP contribution is 2.26. The summed E-state index contributed by atoms with van der Waals surface area (Å²) < 4.78 is 5.78. The van der Waals surface area contributed by atoms with Crippen molar-refractivity contribution in [3.8, 4) is 0 Å². The number of Topliss-reactive ketones (excluding diaryl/α,β-unsaturated/α-hetero) is 1. The van der Waals surface area contributed by atoms with Crippen molar-refractivity contribution in [1.82, 2.24) is 10.2 Å². The number of amides is 1. The van der Waals surface area contributed by atoms with Crippen LogP contribution < -0.4 is 5.32 Å². The molecule has 1 aliphatic rings. The Morgan fingerprint density at radius 3 is 2.29 bits per heavy atom. The average molecular weight is 441 g/mol. The maximum atomic E-state index is 12.5. The van der Waals surface area contributed by atoms with Crippen molar-refractivity contribution >= 4 is 11.7 Å². The van der Waals surface area contributed by atoms with Gasteiger partial charge in [0.2, 0.25) is 5.91 Å². The van der Waals surface area contributed by atoms with Gasteiger partial charge in [0.05, 0.1) is 12.1 Å². The molecule has 1 amide bonds. The molecule has 0 radical (unpaired) electrons. The predicted molar refractivity (Wildman–Crippen MR) is 126 cm³/mol. The van der Waals surface area contributed by atoms with E-state index in [0.29, 0.717) is 6.61 Å². The van der Waals surface area contributed by atoms with Crippen molar-refractivity contribution in [2.24, 2.45) is 11.3 Å². The third-order valence-corrected chi connectivity index (χ3v) is 5.86. The lowest BCUT2D eigenvalue weighted by Gasteiger charge is -2.28. The van der Waals surface area contributed by atoms with E-state index >= 15 is 0 Å². The topological polar surface area (TPSA) is 78.9 Å². The average Bonchev–Trinajstić information content (AvgIpc) is 3.09. The molecule has 0 saturated carbocycles. The number of hydrogen-bond donors (Lipinski definition) is 2. The molecule has 31 heavy (non-hydrogen) atoms. The van der Waals surface area contributed by atoms with E-state index in [-0.39, 0.29) is 29.2 Å². The summed E-state index contributed by atoms with van der Waals surface area (Å²) in [6.07, 6.45) is 5.99. The monoisotopic (exact) mass is 440 g/mol. The molecule has 1 aliphatic heterocycles. The van der Waals surface area contributed by atoms with Gasteiger partial charge in [-0.05, 0) is 66.3 Å². The van der Waals surface area contributed by atoms with E-state index in [4.69, 9.17) is 4.74 Å². The Morgan fingerprint density at radius 2 is 1.71 bits per heavy atom. The van der Waals surface area contributed by atoms with Gasteiger partial charge in [0, 0.05) is 36.6 Å². The third-order valence-electron chi connectivity index (χ3n) is 5.86. The van der Waals surface area contributed by atoms with Gasteiger partial charge < -0.3 is 15.2 Å². The summed E-state index contributed by atoms with van der Waals surface area (Å²) in [7, 11) is 0. The number of aliphatic hydroxyl groups is 1. The number of carbonyl (C=O) groups is 2. The van der Waals surface area contributed by atoms with Crippen LogP contribution in [0.3, 0.4) is 0 Å². The first-order valence-corrected chi connectivity index (χ1v) is 12.2. The fraction of sp³-hybridized carbons (Fsp3) is 0.920. The Morgan fingerprint density at radius 1 is 1.06 bits per heavy atom. The van der Waals surface area contributed by atoms with Gasteiger partial charge in [-0.2, -0.15) is 0 Å². The summed E-state index contributed by atoms with van der Waals surface area (Å²) in [5.41, 5.74) is -0.601. The maximum Gasteiger partial charge on any atom is 0.237 e. The Hall–Kier alpha value is -0.980. The van der Waals surface area contributed by atoms with Gasteiger partial charge in [0.15, 0.2) is 0 Å². The molecule has 0 aromatic heterocycles. The largest absolute Gasteiger partial charge is 0.393 e. The number of aliphatic hydroxyl groups excluding tert-OH is 1. The Labute approximate surface area is 190 Å². The zero-order valence-electron chi connectivity index (χ0n) is 21.1. The number of ether oxygens (including phenoxy) is 1. The van der Waals surface area contributed by atoms with Gasteiger partial charge in [0.25, 0.3) is 0 Å². The minimum Gasteiger partial charge on any atom is -0.393 e. The fourth-order valence-corrected chi connectivity index (χ4v) is 4.21. The molecule has 0 aliphatic carbocycles. The van der Waals surface area contributed by atoms with Crippen LogP contribution in [0.4, 0.5) is 0 Å². The highest BCUT2D eigenvalue weighted by molar-refractivity contribution is 5.86. The molecule has 3 atom stereocenters. The summed E-state index contributed by atoms with van der Waals surface area (Å²) in [6.45, 7) is 16.8. The number of nitrogens with one attached hydrogen (secondary N) is 1. The first-order valence-electron chi connectivity index (χ1n) is 12.2. The van der Waals surface area contributed by atoms with Gasteiger partial charge in [-0.15, -0.1) is 0 Å². The van der Waals surface area contributed by atoms with E-state index in [0.717, 1.165) is 64.6 Å². The number of carbonyl (C=O) groups excluding carboxylic acids is 2. The third kappa shape index (κ3) is 10.9. The molecule has 0 bridgehead atoms. The number of nitrogens with zero attached hydrogens (tertiary/aromatic N) is 1. The molecular weight excluding hydrogens is 392 g/mol. The van der Waals surface area contributed by atoms with Gasteiger partial charge in [-0.1, -0.05) is 33.6 Å². The smallest absolute Gasteiger partial charge is 0.237 e. The molecule has 0 spiro atoms. The van der Waals surface area contributed by atoms with Crippen LogP contribution in [-0.4, -0.2) is 65.7 Å². The Kier molecular flexibility index (Phi) is 11.7. The van der Waals surface area contributed by atoms with Crippen molar-refractivity contribution in [3.05, 3.63) is 0 Å². The number of likely N-dealkylation sites (tertiary alicyclic amines) is 1. The second-order valence-corrected chi connectivity index (χ2v) is 11.2. The highest BCUT2D eigenvalue weighted by atomic mass is 16.5. The van der Waals surface area contributed by atoms with Crippen LogP contribution in [0.1, 0.15) is 93.4 Å². The van der Waals surface area contributed by atoms with Crippen LogP contribution in [0, 0.1) is 11.3 Å². The standard InChI is InChI=1S/C25H48N2O4/c1-19(28)20(22(29)24(2,3)4)13-9-8-10-17-31-18-12-16-27-15-11-14-21(27)23(30)26-25(5,6)7/h19-21,28H,8-18H2,1-7H3,(H,26,30). The van der Waals surface area contributed by atoms with Crippen molar-refractivity contribution in [2.45, 2.75) is 111 Å². The minimum absolute atomic E-state index is 0.00287. The lowest BCUT2D eigenvalue weighted by Crippen LogP contribution is -2.50. The van der Waals surface area contributed by atoms with Gasteiger partial charge >= 0.3 is 0 Å². The Bertz CT molecular complexity index is 549. The second kappa shape index (κ2) is 12.9. The van der Waals surface area contributed by atoms with Crippen molar-refractivity contribution in [1.29, 1.82) is 0 Å². The molecule has 6 heteroatoms. The van der Waals surface area contributed by atoms with Crippen LogP contribution in [0.5, 0.6) is 0 Å². The van der Waals surface area contributed by atoms with Gasteiger partial charge in [0.1, 0.15) is 5.78 Å². The lowest BCUT2D eigenvalue weighted by molar-refractivity contribution is -0.134. The Balaban J connectivity index is 2.16. The number of hydrogen-bond acceptors (Lipinski definition) is 5. The maximum absolute atomic E-state index is 12.5. The molecule has 3 unspecified atom stereocenters. The van der Waals surface area contributed by atoms with E-state index < -0.39 is 11.5 Å². The normalized spacial score (nSPS) is 19.9. The van der Waals surface area contributed by atoms with Gasteiger partial charge in [-0.3, -0.25) is 14.5 Å². The molecule has 0 aromatic rings. The van der Waals surface area contributed by atoms with Crippen molar-refractivity contribution in [3.63, 3.8) is 0 Å². The quantitative estimate of drug-likeness (QED) is 0.424. The molecule has 1 rings (SSSR count). The van der Waals surface area contributed by atoms with Crippen LogP contribution in [0.25, 0.3) is 0 Å². The van der Waals surface area contributed by atoms with Gasteiger partial charge in [-0.25, -0.2) is 0 Å². The number of unbranched alkanes of at least 4 members (excludes halogenated alkanes) is 2. The molecule has 1 heterocycles. The first-order chi connectivity index (χ1) is 14.3. The number of rotatable bonds is 13. The molecule has 2 N–H and O–H groups in total. The van der Waals surface area contributed by atoms with E-state index in [9.17, 15) is 14.7 Å². The van der Waals surface area contributed by atoms with Crippen molar-refractivity contribution < 1.29 is 19.4 Å². The van der Waals surface area contributed by atoms with Crippen molar-refractivity contribution in [2.75, 3.05) is 26.3 Å². The second-order valence-electron chi connectivity index (χ2n) is 11.2. The summed E-state index contributed by atoms with van der Waals surface area (Å²) in [5, 5.41) is 13.1. The number of ketones is 1. The highest BCUT2D eigenvalue weighted by Gasteiger charge is 2.33. The zero-order chi connectivity index (χ0) is 23.7. The zero-order valence-corrected chi connectivity index (χ0v) is 21.1. The predicted octanol–water partition coefficient (Wildman–Crippen LogP) is 3.94. The molecule has 1 saturated heterocycles. The summed E-state index contributed by atoms with van der Waals surface area (Å²) in [4.78, 5) is 27.2. The molecule has 182 valence electrons. The summed E-state index contributed by atoms with van der Waals surface area (Å²) in [6, 6.07) is -0.00287. The summed E-state index contributed by atoms with van der Waals surface area (Å²) in [5.74, 6) is 0.0197. The lowest BCUT2D eigenvalue weighted by atomic mass is 9.78. The van der Waals surface area contributed by atoms with Crippen LogP contribution in [-0.2, 0) is 14.3 Å². The molecular formula is C25H48N2O4. The van der Waals surface area contributed by atoms with E-state index in [1.165, 1.54) is 0 Å². The fourth-order valence-electron chi connectivity index (χ4n) is 4.21. The van der Waals surface area contributed by atoms with E-state index in [1.807, 2.05) is 41.5 Å². The molecule has 6 nitrogen and oxygen atoms in total. The summed E-state index contributed by atoms with van der Waals surface area (Å²) >= 11 is 0. The molecule has 0 aromatic carbocycles. The van der Waals surface area contributed by atoms with E-state index in [2.05, 4.69) is 10.2 Å². The minimum atomic E-state index is -0.595. The van der Waals surface area contributed by atoms with Crippen LogP contribution in [0.15, 0.2) is 0 Å². The molecule has 1 fully saturated rings. The first kappa shape index (κ1) is 28.1. The SMILES string of the molecule is CC(O)C(CCCCCOCCCN1CCCC1C(=O)NC(C)(C)C)C(=O)C(C)(C)C. The van der Waals surface area contributed by atoms with E-state index in [1.54, 1.807) is 6.92 Å². The van der Waals surface area contributed by atoms with Crippen LogP contribution >= 0.6 is 0 Å².